The van der Waals surface area contributed by atoms with Crippen LogP contribution in [0, 0.1) is 0 Å². The lowest BCUT2D eigenvalue weighted by molar-refractivity contribution is 0.307. The molecule has 4 aromatic carbocycles. The third-order valence-electron chi connectivity index (χ3n) is 4.65. The van der Waals surface area contributed by atoms with Crippen LogP contribution in [0.1, 0.15) is 11.1 Å². The van der Waals surface area contributed by atoms with Gasteiger partial charge in [0.15, 0.2) is 0 Å². The van der Waals surface area contributed by atoms with Gasteiger partial charge in [-0.1, -0.05) is 78.9 Å². The molecule has 0 aromatic heterocycles. The minimum Gasteiger partial charge on any atom is -0.490 e. The van der Waals surface area contributed by atoms with Crippen molar-refractivity contribution in [3.63, 3.8) is 0 Å². The van der Waals surface area contributed by atoms with E-state index in [2.05, 4.69) is 36.4 Å². The van der Waals surface area contributed by atoms with E-state index < -0.39 is 7.32 Å². The van der Waals surface area contributed by atoms with Gasteiger partial charge < -0.3 is 14.0 Å². The zero-order chi connectivity index (χ0) is 20.4. The molecule has 3 nitrogen and oxygen atoms in total. The molecular weight excluding hydrogens is 371 g/mol. The predicted octanol–water partition coefficient (Wildman–Crippen LogP) is 5.99. The van der Waals surface area contributed by atoms with Gasteiger partial charge in [0.25, 0.3) is 0 Å². The standard InChI is InChI=1S/C26H23BO3/c1-4-10-22(11-5-1)16-17-23-18-20-26(21-19-23)30-27(28-24-12-6-2-7-13-24)29-25-14-8-3-9-15-25/h1-15,18-21H,16-17H2. The Labute approximate surface area is 178 Å². The molecule has 4 heteroatoms. The molecule has 4 aromatic rings. The van der Waals surface area contributed by atoms with Crippen LogP contribution in [0.25, 0.3) is 0 Å². The van der Waals surface area contributed by atoms with Gasteiger partial charge in [-0.15, -0.1) is 0 Å². The summed E-state index contributed by atoms with van der Waals surface area (Å²) in [6.45, 7) is 0. The normalized spacial score (nSPS) is 10.3. The van der Waals surface area contributed by atoms with Gasteiger partial charge in [0.05, 0.1) is 0 Å². The Morgan fingerprint density at radius 2 is 0.767 bits per heavy atom. The van der Waals surface area contributed by atoms with E-state index in [0.29, 0.717) is 17.2 Å². The van der Waals surface area contributed by atoms with Gasteiger partial charge in [0, 0.05) is 0 Å². The summed E-state index contributed by atoms with van der Waals surface area (Å²) < 4.78 is 17.8. The van der Waals surface area contributed by atoms with Crippen molar-refractivity contribution in [1.29, 1.82) is 0 Å². The van der Waals surface area contributed by atoms with Gasteiger partial charge in [0.1, 0.15) is 17.2 Å². The smallest absolute Gasteiger partial charge is 0.490 e. The van der Waals surface area contributed by atoms with E-state index >= 15 is 0 Å². The van der Waals surface area contributed by atoms with Crippen molar-refractivity contribution in [3.8, 4) is 17.2 Å². The van der Waals surface area contributed by atoms with Crippen LogP contribution in [0.3, 0.4) is 0 Å². The Morgan fingerprint density at radius 3 is 1.23 bits per heavy atom. The van der Waals surface area contributed by atoms with Gasteiger partial charge in [0.2, 0.25) is 0 Å². The van der Waals surface area contributed by atoms with Crippen molar-refractivity contribution in [2.45, 2.75) is 12.8 Å². The molecule has 0 N–H and O–H groups in total. The first kappa shape index (κ1) is 19.7. The molecule has 0 aliphatic carbocycles. The highest BCUT2D eigenvalue weighted by molar-refractivity contribution is 6.39. The lowest BCUT2D eigenvalue weighted by Gasteiger charge is -2.16. The molecule has 0 unspecified atom stereocenters. The van der Waals surface area contributed by atoms with Crippen molar-refractivity contribution in [2.24, 2.45) is 0 Å². The average Bonchev–Trinajstić information content (AvgIpc) is 2.81. The molecule has 0 spiro atoms. The fourth-order valence-corrected chi connectivity index (χ4v) is 3.07. The summed E-state index contributed by atoms with van der Waals surface area (Å²) in [5.41, 5.74) is 2.60. The van der Waals surface area contributed by atoms with Crippen LogP contribution < -0.4 is 14.0 Å². The highest BCUT2D eigenvalue weighted by Gasteiger charge is 2.30. The van der Waals surface area contributed by atoms with Crippen molar-refractivity contribution in [1.82, 2.24) is 0 Å². The van der Waals surface area contributed by atoms with Crippen LogP contribution in [-0.2, 0) is 12.8 Å². The largest absolute Gasteiger partial charge is 0.864 e. The van der Waals surface area contributed by atoms with Crippen LogP contribution in [0.4, 0.5) is 0 Å². The number of hydrogen-bond donors (Lipinski definition) is 0. The van der Waals surface area contributed by atoms with Crippen LogP contribution in [0.2, 0.25) is 0 Å². The highest BCUT2D eigenvalue weighted by atomic mass is 16.7. The quantitative estimate of drug-likeness (QED) is 0.326. The topological polar surface area (TPSA) is 27.7 Å². The highest BCUT2D eigenvalue weighted by Crippen LogP contribution is 2.19. The lowest BCUT2D eigenvalue weighted by Crippen LogP contribution is -2.36. The molecule has 148 valence electrons. The summed E-state index contributed by atoms with van der Waals surface area (Å²) in [4.78, 5) is 0. The minimum absolute atomic E-state index is 0.679. The zero-order valence-electron chi connectivity index (χ0n) is 16.7. The zero-order valence-corrected chi connectivity index (χ0v) is 16.7. The maximum absolute atomic E-state index is 6.00. The van der Waals surface area contributed by atoms with Gasteiger partial charge in [-0.3, -0.25) is 0 Å². The summed E-state index contributed by atoms with van der Waals surface area (Å²) in [6, 6.07) is 37.6. The number of benzene rings is 4. The monoisotopic (exact) mass is 394 g/mol. The third kappa shape index (κ3) is 5.92. The average molecular weight is 394 g/mol. The second kappa shape index (κ2) is 10.2. The van der Waals surface area contributed by atoms with E-state index in [4.69, 9.17) is 14.0 Å². The van der Waals surface area contributed by atoms with E-state index in [9.17, 15) is 0 Å². The molecule has 0 saturated heterocycles. The SMILES string of the molecule is c1ccc(CCc2ccc(OB(Oc3ccccc3)Oc3ccccc3)cc2)cc1. The Bertz CT molecular complexity index is 965. The lowest BCUT2D eigenvalue weighted by atomic mass is 10.0. The minimum atomic E-state index is -0.898. The molecule has 0 aliphatic heterocycles. The van der Waals surface area contributed by atoms with Crippen LogP contribution in [-0.4, -0.2) is 7.32 Å². The van der Waals surface area contributed by atoms with Crippen molar-refractivity contribution in [3.05, 3.63) is 126 Å². The molecular formula is C26H23BO3. The van der Waals surface area contributed by atoms with Crippen LogP contribution in [0.15, 0.2) is 115 Å². The van der Waals surface area contributed by atoms with E-state index in [1.54, 1.807) is 0 Å². The fraction of sp³-hybridized carbons (Fsp3) is 0.0769. The summed E-state index contributed by atoms with van der Waals surface area (Å²) in [5, 5.41) is 0. The van der Waals surface area contributed by atoms with Crippen molar-refractivity contribution < 1.29 is 14.0 Å². The molecule has 0 fully saturated rings. The summed E-state index contributed by atoms with van der Waals surface area (Å²) >= 11 is 0. The van der Waals surface area contributed by atoms with Gasteiger partial charge in [-0.2, -0.15) is 0 Å². The van der Waals surface area contributed by atoms with E-state index in [0.717, 1.165) is 12.8 Å². The van der Waals surface area contributed by atoms with Gasteiger partial charge >= 0.3 is 7.32 Å². The van der Waals surface area contributed by atoms with E-state index in [1.165, 1.54) is 11.1 Å². The molecule has 30 heavy (non-hydrogen) atoms. The first-order chi connectivity index (χ1) is 14.8. The maximum Gasteiger partial charge on any atom is 0.864 e. The summed E-state index contributed by atoms with van der Waals surface area (Å²) in [7, 11) is -0.898. The first-order valence-electron chi connectivity index (χ1n) is 10.1. The van der Waals surface area contributed by atoms with E-state index in [-0.39, 0.29) is 0 Å². The maximum atomic E-state index is 6.00. The Morgan fingerprint density at radius 1 is 0.400 bits per heavy atom. The molecule has 4 rings (SSSR count). The molecule has 0 saturated carbocycles. The van der Waals surface area contributed by atoms with Crippen molar-refractivity contribution in [2.75, 3.05) is 0 Å². The second-order valence-corrected chi connectivity index (χ2v) is 6.90. The Kier molecular flexibility index (Phi) is 6.69. The molecule has 0 atom stereocenters. The van der Waals surface area contributed by atoms with Crippen LogP contribution >= 0.6 is 0 Å². The molecule has 0 heterocycles. The van der Waals surface area contributed by atoms with Crippen molar-refractivity contribution >= 4 is 7.32 Å². The van der Waals surface area contributed by atoms with E-state index in [1.807, 2.05) is 78.9 Å². The molecule has 0 amide bonds. The Balaban J connectivity index is 1.41. The Hall–Kier alpha value is -3.66. The third-order valence-corrected chi connectivity index (χ3v) is 4.65. The van der Waals surface area contributed by atoms with Gasteiger partial charge in [-0.25, -0.2) is 0 Å². The number of para-hydroxylation sites is 2. The fourth-order valence-electron chi connectivity index (χ4n) is 3.07. The van der Waals surface area contributed by atoms with Crippen LogP contribution in [0.5, 0.6) is 17.2 Å². The summed E-state index contributed by atoms with van der Waals surface area (Å²) in [5.74, 6) is 2.05. The molecule has 0 aliphatic rings. The van der Waals surface area contributed by atoms with Gasteiger partial charge in [-0.05, 0) is 60.4 Å². The first-order valence-corrected chi connectivity index (χ1v) is 10.1. The number of hydrogen-bond acceptors (Lipinski definition) is 3. The second-order valence-electron chi connectivity index (χ2n) is 6.90. The number of rotatable bonds is 9. The molecule has 0 radical (unpaired) electrons. The summed E-state index contributed by atoms with van der Waals surface area (Å²) in [6.07, 6.45) is 1.99. The number of aryl methyl sites for hydroxylation is 2. The predicted molar refractivity (Wildman–Crippen MR) is 121 cm³/mol. The molecule has 0 bridgehead atoms.